The van der Waals surface area contributed by atoms with Crippen LogP contribution in [0, 0.1) is 0 Å². The molecular weight excluding hydrogens is 254 g/mol. The number of fused-ring (bicyclic) bond motifs is 1. The molecule has 0 aliphatic carbocycles. The van der Waals surface area contributed by atoms with Crippen LogP contribution >= 0.6 is 0 Å². The number of nitrogens with zero attached hydrogens (tertiary/aromatic N) is 5. The van der Waals surface area contributed by atoms with Gasteiger partial charge in [-0.25, -0.2) is 15.0 Å². The maximum Gasteiger partial charge on any atom is 0.288 e. The number of hydrogen-bond donors (Lipinski definition) is 0. The Morgan fingerprint density at radius 3 is 2.40 bits per heavy atom. The molecule has 0 radical (unpaired) electrons. The fourth-order valence-electron chi connectivity index (χ4n) is 1.33. The molecular formula is C14H11N5O. The highest BCUT2D eigenvalue weighted by atomic mass is 16.1. The molecule has 0 atom stereocenters. The molecule has 2 rings (SSSR count). The molecule has 6 nitrogen and oxygen atoms in total. The van der Waals surface area contributed by atoms with Gasteiger partial charge in [-0.3, -0.25) is 14.8 Å². The molecule has 0 N–H and O–H groups in total. The van der Waals surface area contributed by atoms with Crippen LogP contribution in [-0.4, -0.2) is 24.9 Å². The van der Waals surface area contributed by atoms with Gasteiger partial charge in [-0.15, -0.1) is 0 Å². The van der Waals surface area contributed by atoms with Crippen LogP contribution in [0.4, 0.5) is 0 Å². The van der Waals surface area contributed by atoms with Crippen molar-refractivity contribution in [3.8, 4) is 0 Å². The third-order valence-corrected chi connectivity index (χ3v) is 2.19. The summed E-state index contributed by atoms with van der Waals surface area (Å²) in [6, 6.07) is 7.33. The second-order valence-corrected chi connectivity index (χ2v) is 3.57. The summed E-state index contributed by atoms with van der Waals surface area (Å²) in [4.78, 5) is 30.9. The summed E-state index contributed by atoms with van der Waals surface area (Å²) >= 11 is 0. The minimum atomic E-state index is -0.455. The molecule has 1 heterocycles. The third kappa shape index (κ3) is 4.34. The van der Waals surface area contributed by atoms with Crippen molar-refractivity contribution in [2.75, 3.05) is 0 Å². The summed E-state index contributed by atoms with van der Waals surface area (Å²) in [5.41, 5.74) is 0.237. The van der Waals surface area contributed by atoms with E-state index in [4.69, 9.17) is 0 Å². The Labute approximate surface area is 114 Å². The highest BCUT2D eigenvalue weighted by Gasteiger charge is 1.86. The highest BCUT2D eigenvalue weighted by molar-refractivity contribution is 5.76. The lowest BCUT2D eigenvalue weighted by Gasteiger charge is -1.88. The Morgan fingerprint density at radius 2 is 1.50 bits per heavy atom. The van der Waals surface area contributed by atoms with Gasteiger partial charge in [0.25, 0.3) is 5.56 Å². The lowest BCUT2D eigenvalue weighted by molar-refractivity contribution is 1.17. The molecule has 98 valence electrons. The Hall–Kier alpha value is -3.02. The molecule has 6 heteroatoms. The van der Waals surface area contributed by atoms with E-state index in [1.165, 1.54) is 31.1 Å². The van der Waals surface area contributed by atoms with Gasteiger partial charge in [0, 0.05) is 36.4 Å². The van der Waals surface area contributed by atoms with E-state index in [1.807, 2.05) is 24.3 Å². The van der Waals surface area contributed by atoms with Gasteiger partial charge in [0.15, 0.2) is 0 Å². The van der Waals surface area contributed by atoms with E-state index >= 15 is 0 Å². The van der Waals surface area contributed by atoms with Gasteiger partial charge in [-0.2, -0.15) is 0 Å². The summed E-state index contributed by atoms with van der Waals surface area (Å²) in [5, 5.41) is 0.734. The van der Waals surface area contributed by atoms with Crippen LogP contribution in [0.2, 0.25) is 0 Å². The van der Waals surface area contributed by atoms with E-state index in [9.17, 15) is 4.79 Å². The topological polar surface area (TPSA) is 81.5 Å². The zero-order valence-corrected chi connectivity index (χ0v) is 10.5. The van der Waals surface area contributed by atoms with E-state index in [2.05, 4.69) is 24.9 Å². The third-order valence-electron chi connectivity index (χ3n) is 2.19. The second-order valence-electron chi connectivity index (χ2n) is 3.57. The normalized spacial score (nSPS) is 9.20. The first-order chi connectivity index (χ1) is 9.86. The van der Waals surface area contributed by atoms with Crippen molar-refractivity contribution >= 4 is 10.9 Å². The monoisotopic (exact) mass is 265 g/mol. The minimum absolute atomic E-state index is 0.455. The molecule has 0 unspecified atom stereocenters. The predicted molar refractivity (Wildman–Crippen MR) is 74.4 cm³/mol. The van der Waals surface area contributed by atoms with Crippen molar-refractivity contribution in [3.63, 3.8) is 0 Å². The van der Waals surface area contributed by atoms with Gasteiger partial charge in [-0.1, -0.05) is 18.2 Å². The van der Waals surface area contributed by atoms with Gasteiger partial charge >= 0.3 is 0 Å². The van der Waals surface area contributed by atoms with Crippen LogP contribution < -0.4 is 5.56 Å². The lowest BCUT2D eigenvalue weighted by Crippen LogP contribution is -1.99. The lowest BCUT2D eigenvalue weighted by atomic mass is 10.2. The first-order valence-corrected chi connectivity index (χ1v) is 5.79. The van der Waals surface area contributed by atoms with Crippen LogP contribution in [0.25, 0.3) is 10.9 Å². The van der Waals surface area contributed by atoms with Gasteiger partial charge < -0.3 is 0 Å². The van der Waals surface area contributed by atoms with Gasteiger partial charge in [0.05, 0.1) is 11.7 Å². The van der Waals surface area contributed by atoms with Crippen molar-refractivity contribution in [3.05, 3.63) is 78.1 Å². The standard InChI is InChI=1S/C14H11N5O/c20-14-10-15-5-6-16-11-17-7-8-18-13-4-2-1-3-12(13)9-19-14/h1-11H. The minimum Gasteiger partial charge on any atom is -0.266 e. The Bertz CT molecular complexity index is 764. The Balaban J connectivity index is 2.71. The van der Waals surface area contributed by atoms with E-state index in [1.54, 1.807) is 6.20 Å². The zero-order valence-electron chi connectivity index (χ0n) is 10.5. The van der Waals surface area contributed by atoms with E-state index in [-0.39, 0.29) is 0 Å². The fraction of sp³-hybridized carbons (Fsp3) is 0. The molecule has 20 heavy (non-hydrogen) atoms. The molecule has 1 aromatic heterocycles. The fourth-order valence-corrected chi connectivity index (χ4v) is 1.33. The molecule has 0 saturated carbocycles. The molecule has 0 aliphatic heterocycles. The molecule has 1 aromatic carbocycles. The van der Waals surface area contributed by atoms with Crippen LogP contribution in [0.1, 0.15) is 0 Å². The average molecular weight is 265 g/mol. The van der Waals surface area contributed by atoms with Gasteiger partial charge in [-0.05, 0) is 6.07 Å². The summed E-state index contributed by atoms with van der Waals surface area (Å²) in [6.45, 7) is 0. The van der Waals surface area contributed by atoms with E-state index in [0.29, 0.717) is 5.52 Å². The smallest absolute Gasteiger partial charge is 0.266 e. The number of aromatic nitrogens is 5. The van der Waals surface area contributed by atoms with Crippen molar-refractivity contribution in [2.45, 2.75) is 0 Å². The zero-order chi connectivity index (χ0) is 14.0. The Kier molecular flexibility index (Phi) is 4.98. The largest absolute Gasteiger partial charge is 0.288 e. The SMILES string of the molecule is O=c1cnccncnccnc2ccccc2cn1. The van der Waals surface area contributed by atoms with Gasteiger partial charge in [0.2, 0.25) is 0 Å². The van der Waals surface area contributed by atoms with Crippen molar-refractivity contribution < 1.29 is 0 Å². The number of rotatable bonds is 0. The summed E-state index contributed by atoms with van der Waals surface area (Å²) in [6.07, 6.45) is 9.76. The number of para-hydroxylation sites is 1. The van der Waals surface area contributed by atoms with Crippen molar-refractivity contribution in [2.24, 2.45) is 0 Å². The van der Waals surface area contributed by atoms with Crippen LogP contribution in [0.5, 0.6) is 0 Å². The van der Waals surface area contributed by atoms with Crippen molar-refractivity contribution in [1.29, 1.82) is 0 Å². The van der Waals surface area contributed by atoms with Crippen LogP contribution in [0.3, 0.4) is 0 Å². The summed E-state index contributed by atoms with van der Waals surface area (Å²) in [7, 11) is 0. The number of hydrogen-bond acceptors (Lipinski definition) is 6. The molecule has 0 saturated heterocycles. The molecule has 0 fully saturated rings. The van der Waals surface area contributed by atoms with Gasteiger partial charge in [0.1, 0.15) is 6.33 Å². The summed E-state index contributed by atoms with van der Waals surface area (Å²) in [5.74, 6) is 0. The summed E-state index contributed by atoms with van der Waals surface area (Å²) < 4.78 is 0. The molecule has 2 aromatic rings. The highest BCUT2D eigenvalue weighted by Crippen LogP contribution is 2.04. The Morgan fingerprint density at radius 1 is 0.750 bits per heavy atom. The molecule has 0 amide bonds. The predicted octanol–water partition coefficient (Wildman–Crippen LogP) is 1.42. The second kappa shape index (κ2) is 7.42. The average Bonchev–Trinajstić information content (AvgIpc) is 2.48. The maximum absolute atomic E-state index is 11.4. The van der Waals surface area contributed by atoms with Crippen LogP contribution in [0.15, 0.2) is 72.6 Å². The number of benzene rings is 1. The quantitative estimate of drug-likeness (QED) is 0.716. The molecule has 0 bridgehead atoms. The first kappa shape index (κ1) is 13.4. The molecule has 0 spiro atoms. The van der Waals surface area contributed by atoms with E-state index < -0.39 is 5.56 Å². The van der Waals surface area contributed by atoms with E-state index in [0.717, 1.165) is 11.6 Å². The van der Waals surface area contributed by atoms with Crippen LogP contribution in [-0.2, 0) is 0 Å². The van der Waals surface area contributed by atoms with Crippen molar-refractivity contribution in [1.82, 2.24) is 24.9 Å². The first-order valence-electron chi connectivity index (χ1n) is 5.79. The molecule has 0 aliphatic rings. The maximum atomic E-state index is 11.4.